The van der Waals surface area contributed by atoms with Gasteiger partial charge in [-0.3, -0.25) is 14.9 Å². The Bertz CT molecular complexity index is 542. The van der Waals surface area contributed by atoms with Crippen LogP contribution in [-0.2, 0) is 4.79 Å². The second-order valence-electron chi connectivity index (χ2n) is 4.65. The number of hydrogen-bond donors (Lipinski definition) is 2. The molecule has 114 valence electrons. The summed E-state index contributed by atoms with van der Waals surface area (Å²) in [6.07, 6.45) is 3.98. The molecule has 0 spiro atoms. The summed E-state index contributed by atoms with van der Waals surface area (Å²) in [5.41, 5.74) is -0.471. The minimum absolute atomic E-state index is 0.0443. The molecule has 0 radical (unpaired) electrons. The summed E-state index contributed by atoms with van der Waals surface area (Å²) >= 11 is 0. The van der Waals surface area contributed by atoms with Crippen molar-refractivity contribution in [2.75, 3.05) is 5.32 Å². The van der Waals surface area contributed by atoms with Gasteiger partial charge in [-0.1, -0.05) is 26.2 Å². The van der Waals surface area contributed by atoms with Crippen LogP contribution in [0.3, 0.4) is 0 Å². The molecule has 1 aromatic carbocycles. The van der Waals surface area contributed by atoms with E-state index in [9.17, 15) is 19.7 Å². The molecule has 21 heavy (non-hydrogen) atoms. The Morgan fingerprint density at radius 2 is 2.00 bits per heavy atom. The van der Waals surface area contributed by atoms with Gasteiger partial charge in [0.15, 0.2) is 0 Å². The van der Waals surface area contributed by atoms with Crippen LogP contribution in [0.1, 0.15) is 49.4 Å². The zero-order valence-corrected chi connectivity index (χ0v) is 11.8. The van der Waals surface area contributed by atoms with Crippen LogP contribution in [0.25, 0.3) is 0 Å². The Labute approximate surface area is 122 Å². The molecular formula is C14H18N2O5. The van der Waals surface area contributed by atoms with Crippen molar-refractivity contribution < 1.29 is 19.6 Å². The highest BCUT2D eigenvalue weighted by atomic mass is 16.6. The molecule has 0 aromatic heterocycles. The Kier molecular flexibility index (Phi) is 6.32. The second-order valence-corrected chi connectivity index (χ2v) is 4.65. The summed E-state index contributed by atoms with van der Waals surface area (Å²) in [5, 5.41) is 22.2. The van der Waals surface area contributed by atoms with Gasteiger partial charge in [0.2, 0.25) is 5.91 Å². The van der Waals surface area contributed by atoms with Crippen LogP contribution in [0.15, 0.2) is 18.2 Å². The number of non-ortho nitro benzene ring substituents is 1. The van der Waals surface area contributed by atoms with Crippen LogP contribution in [0.2, 0.25) is 0 Å². The number of carbonyl (C=O) groups excluding carboxylic acids is 1. The number of hydrogen-bond acceptors (Lipinski definition) is 4. The summed E-state index contributed by atoms with van der Waals surface area (Å²) in [6.45, 7) is 2.06. The number of carboxylic acids is 1. The maximum Gasteiger partial charge on any atom is 0.337 e. The van der Waals surface area contributed by atoms with Crippen molar-refractivity contribution in [1.29, 1.82) is 0 Å². The van der Waals surface area contributed by atoms with E-state index in [1.54, 1.807) is 0 Å². The van der Waals surface area contributed by atoms with E-state index in [1.165, 1.54) is 0 Å². The number of anilines is 1. The number of benzene rings is 1. The lowest BCUT2D eigenvalue weighted by molar-refractivity contribution is -0.384. The number of nitro groups is 1. The van der Waals surface area contributed by atoms with Gasteiger partial charge < -0.3 is 10.4 Å². The fourth-order valence-electron chi connectivity index (χ4n) is 1.86. The Balaban J connectivity index is 2.79. The zero-order chi connectivity index (χ0) is 15.8. The molecule has 7 nitrogen and oxygen atoms in total. The predicted molar refractivity (Wildman–Crippen MR) is 77.4 cm³/mol. The first-order valence-corrected chi connectivity index (χ1v) is 6.77. The number of carbonyl (C=O) groups is 2. The molecule has 1 aromatic rings. The molecule has 1 amide bonds. The zero-order valence-electron chi connectivity index (χ0n) is 11.8. The van der Waals surface area contributed by atoms with E-state index in [4.69, 9.17) is 5.11 Å². The van der Waals surface area contributed by atoms with Gasteiger partial charge >= 0.3 is 5.97 Å². The van der Waals surface area contributed by atoms with Crippen LogP contribution in [0.5, 0.6) is 0 Å². The van der Waals surface area contributed by atoms with Crippen molar-refractivity contribution in [3.8, 4) is 0 Å². The lowest BCUT2D eigenvalue weighted by Gasteiger charge is -2.08. The van der Waals surface area contributed by atoms with Crippen molar-refractivity contribution in [2.45, 2.75) is 39.0 Å². The van der Waals surface area contributed by atoms with E-state index >= 15 is 0 Å². The van der Waals surface area contributed by atoms with Crippen LogP contribution >= 0.6 is 0 Å². The average Bonchev–Trinajstić information content (AvgIpc) is 2.43. The van der Waals surface area contributed by atoms with Gasteiger partial charge in [-0.2, -0.15) is 0 Å². The largest absolute Gasteiger partial charge is 0.478 e. The highest BCUT2D eigenvalue weighted by Crippen LogP contribution is 2.23. The van der Waals surface area contributed by atoms with E-state index in [2.05, 4.69) is 12.2 Å². The average molecular weight is 294 g/mol. The number of rotatable bonds is 8. The number of nitro benzene ring substituents is 1. The molecule has 0 aliphatic rings. The number of amides is 1. The molecule has 0 saturated carbocycles. The number of nitrogens with zero attached hydrogens (tertiary/aromatic N) is 1. The van der Waals surface area contributed by atoms with Crippen molar-refractivity contribution in [3.63, 3.8) is 0 Å². The van der Waals surface area contributed by atoms with Crippen LogP contribution in [0.4, 0.5) is 11.4 Å². The SMILES string of the molecule is CCCCCCC(=O)Nc1cc([N+](=O)[O-])ccc1C(=O)O. The second kappa shape index (κ2) is 7.98. The molecule has 0 fully saturated rings. The number of nitrogens with one attached hydrogen (secondary N) is 1. The summed E-state index contributed by atoms with van der Waals surface area (Å²) in [5.74, 6) is -1.58. The van der Waals surface area contributed by atoms with Crippen LogP contribution in [-0.4, -0.2) is 21.9 Å². The van der Waals surface area contributed by atoms with Gasteiger partial charge in [-0.05, 0) is 12.5 Å². The lowest BCUT2D eigenvalue weighted by atomic mass is 10.1. The maximum atomic E-state index is 11.8. The van der Waals surface area contributed by atoms with Gasteiger partial charge in [0, 0.05) is 18.6 Å². The molecule has 0 aliphatic carbocycles. The Hall–Kier alpha value is -2.44. The number of carboxylic acid groups (broad SMARTS) is 1. The summed E-state index contributed by atoms with van der Waals surface area (Å²) in [6, 6.07) is 3.28. The van der Waals surface area contributed by atoms with E-state index in [0.29, 0.717) is 6.42 Å². The monoisotopic (exact) mass is 294 g/mol. The highest BCUT2D eigenvalue weighted by Gasteiger charge is 2.16. The predicted octanol–water partition coefficient (Wildman–Crippen LogP) is 3.20. The Morgan fingerprint density at radius 3 is 2.57 bits per heavy atom. The van der Waals surface area contributed by atoms with Gasteiger partial charge in [0.05, 0.1) is 16.2 Å². The van der Waals surface area contributed by atoms with E-state index in [-0.39, 0.29) is 29.3 Å². The summed E-state index contributed by atoms with van der Waals surface area (Å²) < 4.78 is 0. The first kappa shape index (κ1) is 16.6. The number of aromatic carboxylic acids is 1. The molecule has 1 rings (SSSR count). The van der Waals surface area contributed by atoms with Crippen molar-refractivity contribution in [3.05, 3.63) is 33.9 Å². The van der Waals surface area contributed by atoms with Gasteiger partial charge in [0.25, 0.3) is 5.69 Å². The van der Waals surface area contributed by atoms with Crippen molar-refractivity contribution in [1.82, 2.24) is 0 Å². The van der Waals surface area contributed by atoms with Crippen molar-refractivity contribution in [2.24, 2.45) is 0 Å². The lowest BCUT2D eigenvalue weighted by Crippen LogP contribution is -2.14. The molecule has 0 heterocycles. The molecule has 0 bridgehead atoms. The molecule has 7 heteroatoms. The van der Waals surface area contributed by atoms with Gasteiger partial charge in [-0.15, -0.1) is 0 Å². The van der Waals surface area contributed by atoms with Crippen LogP contribution in [0, 0.1) is 10.1 Å². The Morgan fingerprint density at radius 1 is 1.29 bits per heavy atom. The van der Waals surface area contributed by atoms with E-state index in [0.717, 1.165) is 37.5 Å². The minimum atomic E-state index is -1.24. The third-order valence-corrected chi connectivity index (χ3v) is 2.98. The fourth-order valence-corrected chi connectivity index (χ4v) is 1.86. The smallest absolute Gasteiger partial charge is 0.337 e. The summed E-state index contributed by atoms with van der Waals surface area (Å²) in [7, 11) is 0. The minimum Gasteiger partial charge on any atom is -0.478 e. The molecule has 0 aliphatic heterocycles. The topological polar surface area (TPSA) is 110 Å². The van der Waals surface area contributed by atoms with Crippen LogP contribution < -0.4 is 5.32 Å². The first-order chi connectivity index (χ1) is 9.95. The molecule has 2 N–H and O–H groups in total. The third-order valence-electron chi connectivity index (χ3n) is 2.98. The van der Waals surface area contributed by atoms with Crippen molar-refractivity contribution >= 4 is 23.3 Å². The molecule has 0 unspecified atom stereocenters. The fraction of sp³-hybridized carbons (Fsp3) is 0.429. The molecule has 0 saturated heterocycles. The highest BCUT2D eigenvalue weighted by molar-refractivity contribution is 6.01. The summed E-state index contributed by atoms with van der Waals surface area (Å²) in [4.78, 5) is 32.9. The quantitative estimate of drug-likeness (QED) is 0.434. The first-order valence-electron chi connectivity index (χ1n) is 6.77. The number of unbranched alkanes of at least 4 members (excludes halogenated alkanes) is 3. The van der Waals surface area contributed by atoms with Gasteiger partial charge in [0.1, 0.15) is 0 Å². The normalized spacial score (nSPS) is 10.1. The molecule has 0 atom stereocenters. The maximum absolute atomic E-state index is 11.8. The third kappa shape index (κ3) is 5.21. The van der Waals surface area contributed by atoms with E-state index < -0.39 is 10.9 Å². The molecular weight excluding hydrogens is 276 g/mol. The van der Waals surface area contributed by atoms with E-state index in [1.807, 2.05) is 0 Å². The standard InChI is InChI=1S/C14H18N2O5/c1-2-3-4-5-6-13(17)15-12-9-10(16(20)21)7-8-11(12)14(18)19/h7-9H,2-6H2,1H3,(H,15,17)(H,18,19). The van der Waals surface area contributed by atoms with Gasteiger partial charge in [-0.25, -0.2) is 4.79 Å².